The zero-order valence-corrected chi connectivity index (χ0v) is 12.4. The number of rotatable bonds is 5. The van der Waals surface area contributed by atoms with Gasteiger partial charge in [-0.2, -0.15) is 0 Å². The Labute approximate surface area is 124 Å². The maximum Gasteiger partial charge on any atom is 0.178 e. The molecule has 1 heterocycles. The van der Waals surface area contributed by atoms with Crippen molar-refractivity contribution < 1.29 is 9.90 Å². The molecular weight excluding hydrogens is 276 g/mol. The van der Waals surface area contributed by atoms with Crippen LogP contribution < -0.4 is 0 Å². The number of hydrogen-bond acceptors (Lipinski definition) is 4. The second-order valence-electron chi connectivity index (χ2n) is 5.10. The molecule has 0 saturated carbocycles. The lowest BCUT2D eigenvalue weighted by molar-refractivity contribution is 0.0932. The van der Waals surface area contributed by atoms with Crippen LogP contribution in [-0.4, -0.2) is 66.6 Å². The van der Waals surface area contributed by atoms with Gasteiger partial charge < -0.3 is 5.11 Å². The summed E-state index contributed by atoms with van der Waals surface area (Å²) < 4.78 is 0. The van der Waals surface area contributed by atoms with Gasteiger partial charge in [-0.3, -0.25) is 14.6 Å². The molecular formula is C15H21ClN2O2. The van der Waals surface area contributed by atoms with Gasteiger partial charge in [-0.15, -0.1) is 0 Å². The zero-order chi connectivity index (χ0) is 14.4. The van der Waals surface area contributed by atoms with Crippen LogP contribution in [0.15, 0.2) is 24.3 Å². The third-order valence-electron chi connectivity index (χ3n) is 3.64. The fourth-order valence-electron chi connectivity index (χ4n) is 2.52. The largest absolute Gasteiger partial charge is 0.395 e. The van der Waals surface area contributed by atoms with E-state index in [0.29, 0.717) is 23.7 Å². The first-order valence-corrected chi connectivity index (χ1v) is 7.42. The van der Waals surface area contributed by atoms with Gasteiger partial charge in [0.15, 0.2) is 5.78 Å². The predicted octanol–water partition coefficient (Wildman–Crippen LogP) is 1.52. The van der Waals surface area contributed by atoms with Crippen LogP contribution in [0.2, 0.25) is 5.02 Å². The van der Waals surface area contributed by atoms with Crippen molar-refractivity contribution in [3.8, 4) is 0 Å². The number of β-amino-alcohol motifs (C(OH)–C–C–N with tert-alkyl or cyclic N) is 1. The molecule has 0 amide bonds. The molecule has 4 nitrogen and oxygen atoms in total. The van der Waals surface area contributed by atoms with Gasteiger partial charge in [-0.1, -0.05) is 23.7 Å². The molecule has 0 atom stereocenters. The smallest absolute Gasteiger partial charge is 0.178 e. The van der Waals surface area contributed by atoms with Gasteiger partial charge in [-0.25, -0.2) is 0 Å². The van der Waals surface area contributed by atoms with Gasteiger partial charge in [0.05, 0.1) is 18.2 Å². The number of benzene rings is 1. The van der Waals surface area contributed by atoms with Crippen LogP contribution in [0.1, 0.15) is 16.8 Å². The number of hydrogen-bond donors (Lipinski definition) is 1. The number of aliphatic hydroxyl groups is 1. The van der Waals surface area contributed by atoms with E-state index in [1.807, 2.05) is 12.1 Å². The van der Waals surface area contributed by atoms with Gasteiger partial charge >= 0.3 is 0 Å². The van der Waals surface area contributed by atoms with Gasteiger partial charge in [0.2, 0.25) is 0 Å². The molecule has 0 aromatic heterocycles. The Balaban J connectivity index is 1.90. The summed E-state index contributed by atoms with van der Waals surface area (Å²) in [5.74, 6) is 0.0752. The van der Waals surface area contributed by atoms with E-state index in [1.54, 1.807) is 12.1 Å². The average molecular weight is 297 g/mol. The summed E-state index contributed by atoms with van der Waals surface area (Å²) in [7, 11) is 0. The molecule has 0 bridgehead atoms. The number of Topliss-reactive ketones (excluding diaryl/α,β-unsaturated/α-hetero) is 1. The van der Waals surface area contributed by atoms with Crippen molar-refractivity contribution in [1.82, 2.24) is 9.80 Å². The van der Waals surface area contributed by atoms with E-state index in [9.17, 15) is 4.79 Å². The molecule has 2 rings (SSSR count). The number of aliphatic hydroxyl groups excluding tert-OH is 1. The highest BCUT2D eigenvalue weighted by Crippen LogP contribution is 2.16. The Hall–Kier alpha value is -0.940. The lowest BCUT2D eigenvalue weighted by Crippen LogP contribution is -2.35. The van der Waals surface area contributed by atoms with Gasteiger partial charge in [0, 0.05) is 25.2 Å². The van der Waals surface area contributed by atoms with E-state index in [4.69, 9.17) is 16.7 Å². The lowest BCUT2D eigenvalue weighted by Gasteiger charge is -2.20. The van der Waals surface area contributed by atoms with Crippen LogP contribution >= 0.6 is 11.6 Å². The molecule has 1 N–H and O–H groups in total. The van der Waals surface area contributed by atoms with Crippen molar-refractivity contribution >= 4 is 17.4 Å². The molecule has 1 aliphatic rings. The first-order valence-electron chi connectivity index (χ1n) is 7.04. The van der Waals surface area contributed by atoms with Gasteiger partial charge in [-0.05, 0) is 31.6 Å². The highest BCUT2D eigenvalue weighted by atomic mass is 35.5. The van der Waals surface area contributed by atoms with Crippen molar-refractivity contribution in [2.24, 2.45) is 0 Å². The van der Waals surface area contributed by atoms with Crippen LogP contribution in [0.4, 0.5) is 0 Å². The molecule has 1 fully saturated rings. The van der Waals surface area contributed by atoms with Gasteiger partial charge in [0.25, 0.3) is 0 Å². The molecule has 1 aliphatic heterocycles. The molecule has 0 unspecified atom stereocenters. The molecule has 110 valence electrons. The monoisotopic (exact) mass is 296 g/mol. The fourth-order valence-corrected chi connectivity index (χ4v) is 2.76. The van der Waals surface area contributed by atoms with Crippen molar-refractivity contribution in [2.45, 2.75) is 6.42 Å². The molecule has 0 spiro atoms. The average Bonchev–Trinajstić information content (AvgIpc) is 2.65. The molecule has 0 aliphatic carbocycles. The molecule has 1 saturated heterocycles. The van der Waals surface area contributed by atoms with E-state index in [1.165, 1.54) is 0 Å². The summed E-state index contributed by atoms with van der Waals surface area (Å²) in [6, 6.07) is 7.20. The summed E-state index contributed by atoms with van der Waals surface area (Å²) in [6.07, 6.45) is 1.02. The topological polar surface area (TPSA) is 43.8 Å². The number of halogens is 1. The third kappa shape index (κ3) is 4.28. The normalized spacial score (nSPS) is 17.9. The van der Waals surface area contributed by atoms with E-state index >= 15 is 0 Å². The first kappa shape index (κ1) is 15.4. The van der Waals surface area contributed by atoms with Crippen LogP contribution in [0.3, 0.4) is 0 Å². The van der Waals surface area contributed by atoms with E-state index in [-0.39, 0.29) is 12.4 Å². The number of carbonyl (C=O) groups is 1. The Bertz CT molecular complexity index is 453. The molecule has 1 aromatic carbocycles. The van der Waals surface area contributed by atoms with Crippen LogP contribution in [0.25, 0.3) is 0 Å². The zero-order valence-electron chi connectivity index (χ0n) is 11.6. The minimum atomic E-state index is 0.0752. The fraction of sp³-hybridized carbons (Fsp3) is 0.533. The Kier molecular flexibility index (Phi) is 5.98. The number of ketones is 1. The molecule has 1 aromatic rings. The Morgan fingerprint density at radius 1 is 1.15 bits per heavy atom. The van der Waals surface area contributed by atoms with Crippen molar-refractivity contribution in [2.75, 3.05) is 45.9 Å². The Morgan fingerprint density at radius 3 is 2.60 bits per heavy atom. The molecule has 0 radical (unpaired) electrons. The van der Waals surface area contributed by atoms with Gasteiger partial charge in [0.1, 0.15) is 0 Å². The summed E-state index contributed by atoms with van der Waals surface area (Å²) in [4.78, 5) is 16.7. The quantitative estimate of drug-likeness (QED) is 0.837. The first-order chi connectivity index (χ1) is 9.70. The highest BCUT2D eigenvalue weighted by molar-refractivity contribution is 6.34. The van der Waals surface area contributed by atoms with Crippen molar-refractivity contribution in [3.63, 3.8) is 0 Å². The minimum absolute atomic E-state index is 0.0752. The maximum absolute atomic E-state index is 12.3. The highest BCUT2D eigenvalue weighted by Gasteiger charge is 2.18. The predicted molar refractivity (Wildman–Crippen MR) is 80.4 cm³/mol. The third-order valence-corrected chi connectivity index (χ3v) is 3.97. The lowest BCUT2D eigenvalue weighted by atomic mass is 10.1. The summed E-state index contributed by atoms with van der Waals surface area (Å²) >= 11 is 6.06. The number of carbonyl (C=O) groups excluding carboxylic acids is 1. The summed E-state index contributed by atoms with van der Waals surface area (Å²) in [5, 5.41) is 9.50. The molecule has 20 heavy (non-hydrogen) atoms. The molecule has 5 heteroatoms. The second kappa shape index (κ2) is 7.74. The number of nitrogens with zero attached hydrogens (tertiary/aromatic N) is 2. The standard InChI is InChI=1S/C15H21ClN2O2/c16-14-5-2-1-4-13(14)15(20)12-18-7-3-6-17(8-9-18)10-11-19/h1-2,4-5,19H,3,6-12H2. The summed E-state index contributed by atoms with van der Waals surface area (Å²) in [6.45, 7) is 4.98. The van der Waals surface area contributed by atoms with E-state index < -0.39 is 0 Å². The van der Waals surface area contributed by atoms with Crippen molar-refractivity contribution in [3.05, 3.63) is 34.9 Å². The minimum Gasteiger partial charge on any atom is -0.395 e. The maximum atomic E-state index is 12.3. The second-order valence-corrected chi connectivity index (χ2v) is 5.51. The van der Waals surface area contributed by atoms with E-state index in [2.05, 4.69) is 9.80 Å². The SMILES string of the molecule is O=C(CN1CCCN(CCO)CC1)c1ccccc1Cl. The Morgan fingerprint density at radius 2 is 1.85 bits per heavy atom. The van der Waals surface area contributed by atoms with Crippen LogP contribution in [-0.2, 0) is 0 Å². The van der Waals surface area contributed by atoms with E-state index in [0.717, 1.165) is 32.6 Å². The summed E-state index contributed by atoms with van der Waals surface area (Å²) in [5.41, 5.74) is 0.602. The van der Waals surface area contributed by atoms with Crippen molar-refractivity contribution in [1.29, 1.82) is 0 Å². The van der Waals surface area contributed by atoms with Crippen LogP contribution in [0.5, 0.6) is 0 Å². The van der Waals surface area contributed by atoms with Crippen LogP contribution in [0, 0.1) is 0 Å².